The van der Waals surface area contributed by atoms with Gasteiger partial charge in [0.2, 0.25) is 0 Å². The summed E-state index contributed by atoms with van der Waals surface area (Å²) in [5.74, 6) is 0. The van der Waals surface area contributed by atoms with E-state index >= 15 is 0 Å². The van der Waals surface area contributed by atoms with Gasteiger partial charge in [-0.05, 0) is 19.3 Å². The highest BCUT2D eigenvalue weighted by Gasteiger charge is 2.17. The van der Waals surface area contributed by atoms with Gasteiger partial charge in [-0.25, -0.2) is 0 Å². The van der Waals surface area contributed by atoms with Crippen molar-refractivity contribution in [2.24, 2.45) is 0 Å². The van der Waals surface area contributed by atoms with E-state index in [9.17, 15) is 0 Å². The molecule has 0 aliphatic heterocycles. The van der Waals surface area contributed by atoms with E-state index in [1.54, 1.807) is 0 Å². The van der Waals surface area contributed by atoms with E-state index in [1.807, 2.05) is 0 Å². The van der Waals surface area contributed by atoms with Gasteiger partial charge in [-0.2, -0.15) is 0 Å². The van der Waals surface area contributed by atoms with Gasteiger partial charge in [0.05, 0.1) is 0 Å². The molecule has 0 aromatic rings. The zero-order chi connectivity index (χ0) is 35.9. The summed E-state index contributed by atoms with van der Waals surface area (Å²) in [6.45, 7) is 0.167. The first-order valence-electron chi connectivity index (χ1n) is 7.97. The molecule has 0 unspecified atom stereocenters. The average Bonchev–Trinajstić information content (AvgIpc) is 2.56. The molecule has 0 aliphatic carbocycles. The third-order valence-electron chi connectivity index (χ3n) is 0.868. The van der Waals surface area contributed by atoms with Gasteiger partial charge in [-0.15, -0.1) is 0 Å². The molecular formula is C13H17Cl27O. The van der Waals surface area contributed by atoms with Crippen molar-refractivity contribution in [1.29, 1.82) is 0 Å². The number of halogens is 27. The highest BCUT2D eigenvalue weighted by atomic mass is 35.6. The largest absolute Gasteiger partial charge is 0.396 e. The smallest absolute Gasteiger partial charge is 0.190 e. The third-order valence-corrected chi connectivity index (χ3v) is 1.44. The van der Waals surface area contributed by atoms with Gasteiger partial charge in [0.25, 0.3) is 0 Å². The van der Waals surface area contributed by atoms with E-state index in [-0.39, 0.29) is 6.61 Å². The molecule has 264 valence electrons. The van der Waals surface area contributed by atoms with E-state index in [2.05, 4.69) is 0 Å². The number of aliphatic hydroxyl groups excluding tert-OH is 1. The maximum atomic E-state index is 8.33. The number of unbranched alkanes of at least 4 members (excludes halogenated alkanes) is 1. The summed E-state index contributed by atoms with van der Waals surface area (Å²) < 4.78 is -7.14. The second kappa shape index (κ2) is 59.9. The summed E-state index contributed by atoms with van der Waals surface area (Å²) in [7, 11) is 0. The fraction of sp³-hybridized carbons (Fsp3) is 1.00. The number of hydrogen-bond acceptors (Lipinski definition) is 1. The van der Waals surface area contributed by atoms with E-state index in [1.165, 1.54) is 0 Å². The average molecular weight is 1150 g/mol. The fourth-order valence-electron chi connectivity index (χ4n) is 0.437. The minimum atomic E-state index is -1.14. The van der Waals surface area contributed by atoms with Gasteiger partial charge in [-0.3, -0.25) is 0 Å². The lowest BCUT2D eigenvalue weighted by atomic mass is 10.3. The number of aliphatic hydroxyl groups is 1. The summed E-state index contributed by atoms with van der Waals surface area (Å²) in [6.07, 6.45) is 1.97. The second-order valence-electron chi connectivity index (χ2n) is 3.78. The van der Waals surface area contributed by atoms with Crippen LogP contribution < -0.4 is 0 Å². The van der Waals surface area contributed by atoms with Gasteiger partial charge in [0, 0.05) is 6.61 Å². The van der Waals surface area contributed by atoms with Gasteiger partial charge < -0.3 is 5.11 Å². The Morgan fingerprint density at radius 2 is 0.439 bits per heavy atom. The molecule has 0 bridgehead atoms. The Morgan fingerprint density at radius 1 is 0.317 bits per heavy atom. The van der Waals surface area contributed by atoms with Gasteiger partial charge in [0.15, 0.2) is 38.2 Å². The zero-order valence-electron chi connectivity index (χ0n) is 18.6. The van der Waals surface area contributed by atoms with Crippen LogP contribution in [-0.2, 0) is 0 Å². The van der Waals surface area contributed by atoms with Crippen molar-refractivity contribution in [3.8, 4) is 0 Å². The Labute approximate surface area is 376 Å². The molecule has 0 saturated heterocycles. The number of alkyl halides is 27. The lowest BCUT2D eigenvalue weighted by Crippen LogP contribution is -2.01. The van der Waals surface area contributed by atoms with E-state index in [0.29, 0.717) is 12.8 Å². The highest BCUT2D eigenvalue weighted by molar-refractivity contribution is 6.68. The molecule has 28 heteroatoms. The lowest BCUT2D eigenvalue weighted by Gasteiger charge is -2.08. The quantitative estimate of drug-likeness (QED) is 0.221. The molecule has 0 aliphatic rings. The first-order chi connectivity index (χ1) is 17.9. The minimum absolute atomic E-state index is 0.167. The predicted molar refractivity (Wildman–Crippen MR) is 212 cm³/mol. The molecule has 1 nitrogen and oxygen atoms in total. The summed E-state index contributed by atoms with van der Waals surface area (Å²) in [4.78, 5) is 0. The van der Waals surface area contributed by atoms with Crippen LogP contribution in [0.2, 0.25) is 0 Å². The first-order valence-corrected chi connectivity index (χ1v) is 19.6. The molecule has 0 aromatic carbocycles. The van der Waals surface area contributed by atoms with Crippen molar-refractivity contribution < 1.29 is 5.11 Å². The molecule has 0 spiro atoms. The van der Waals surface area contributed by atoms with Crippen molar-refractivity contribution in [1.82, 2.24) is 0 Å². The van der Waals surface area contributed by atoms with Crippen molar-refractivity contribution in [3.63, 3.8) is 0 Å². The molecule has 1 N–H and O–H groups in total. The molecule has 0 rings (SSSR count). The van der Waals surface area contributed by atoms with Crippen molar-refractivity contribution in [3.05, 3.63) is 0 Å². The maximum absolute atomic E-state index is 8.33. The summed E-state index contributed by atoms with van der Waals surface area (Å²) in [6, 6.07) is 0. The third kappa shape index (κ3) is 527. The fourth-order valence-corrected chi connectivity index (χ4v) is 0.838. The number of hydrogen-bond donors (Lipinski definition) is 1. The van der Waals surface area contributed by atoms with Crippen LogP contribution in [0.25, 0.3) is 0 Å². The molecule has 0 atom stereocenters. The van der Waals surface area contributed by atoms with Crippen LogP contribution in [0.1, 0.15) is 19.3 Å². The monoisotopic (exact) mass is 1130 g/mol. The Bertz CT molecular complexity index is 270. The van der Waals surface area contributed by atoms with Crippen molar-refractivity contribution in [2.75, 3.05) is 6.61 Å². The summed E-state index contributed by atoms with van der Waals surface area (Å²) >= 11 is 132. The number of rotatable bonds is 3. The Kier molecular flexibility index (Phi) is 103. The van der Waals surface area contributed by atoms with Crippen molar-refractivity contribution >= 4 is 313 Å². The summed E-state index contributed by atoms with van der Waals surface area (Å²) in [5, 5.41) is 8.33. The van der Waals surface area contributed by atoms with Crippen molar-refractivity contribution in [2.45, 2.75) is 57.4 Å². The molecule has 0 fully saturated rings. The molecule has 0 aromatic heterocycles. The van der Waals surface area contributed by atoms with E-state index in [0.717, 1.165) is 6.42 Å². The van der Waals surface area contributed by atoms with E-state index in [4.69, 9.17) is 318 Å². The first kappa shape index (κ1) is 70.4. The van der Waals surface area contributed by atoms with Gasteiger partial charge in [0.1, 0.15) is 0 Å². The van der Waals surface area contributed by atoms with Crippen LogP contribution in [0.15, 0.2) is 0 Å². The topological polar surface area (TPSA) is 20.2 Å². The van der Waals surface area contributed by atoms with Gasteiger partial charge >= 0.3 is 0 Å². The Balaban J connectivity index is -0.0000000411. The highest BCUT2D eigenvalue weighted by Crippen LogP contribution is 2.31. The normalized spacial score (nSPS) is 9.66. The van der Waals surface area contributed by atoms with Crippen LogP contribution in [0.5, 0.6) is 0 Å². The molecule has 0 amide bonds. The standard InChI is InChI=1S/C5H9Cl3O.8CHCl3/c6-5(7,8)3-1-2-4-9;8*2-1(3)4/h9H,1-4H2;8*1H. The Morgan fingerprint density at radius 3 is 0.512 bits per heavy atom. The Hall–Kier alpha value is 7.79. The van der Waals surface area contributed by atoms with E-state index < -0.39 is 38.2 Å². The zero-order valence-corrected chi connectivity index (χ0v) is 39.0. The lowest BCUT2D eigenvalue weighted by molar-refractivity contribution is 0.283. The minimum Gasteiger partial charge on any atom is -0.396 e. The predicted octanol–water partition coefficient (Wildman–Crippen LogP) is 18.4. The SMILES string of the molecule is ClC(Cl)Cl.ClC(Cl)Cl.ClC(Cl)Cl.ClC(Cl)Cl.ClC(Cl)Cl.ClC(Cl)Cl.ClC(Cl)Cl.ClC(Cl)Cl.OCCCCC(Cl)(Cl)Cl. The molecule has 0 heterocycles. The molecular weight excluding hydrogens is 1130 g/mol. The molecule has 41 heavy (non-hydrogen) atoms. The van der Waals surface area contributed by atoms with Crippen LogP contribution in [0, 0.1) is 0 Å². The van der Waals surface area contributed by atoms with Crippen LogP contribution >= 0.6 is 313 Å². The maximum Gasteiger partial charge on any atom is 0.190 e. The second-order valence-corrected chi connectivity index (χ2v) is 22.1. The van der Waals surface area contributed by atoms with Crippen LogP contribution in [-0.4, -0.2) is 49.9 Å². The molecule has 0 saturated carbocycles. The summed E-state index contributed by atoms with van der Waals surface area (Å²) in [5.41, 5.74) is 0. The van der Waals surface area contributed by atoms with Gasteiger partial charge in [-0.1, -0.05) is 313 Å². The van der Waals surface area contributed by atoms with Crippen LogP contribution in [0.3, 0.4) is 0 Å². The molecule has 0 radical (unpaired) electrons. The van der Waals surface area contributed by atoms with Crippen LogP contribution in [0.4, 0.5) is 0 Å².